The SMILES string of the molecule is CCC1C(=O)NCCN1C(=O)c1cccc(N)c1OC. The van der Waals surface area contributed by atoms with Gasteiger partial charge >= 0.3 is 0 Å². The lowest BCUT2D eigenvalue weighted by molar-refractivity contribution is -0.127. The fraction of sp³-hybridized carbons (Fsp3) is 0.429. The van der Waals surface area contributed by atoms with Crippen LogP contribution < -0.4 is 15.8 Å². The highest BCUT2D eigenvalue weighted by atomic mass is 16.5. The van der Waals surface area contributed by atoms with Crippen LogP contribution in [0.1, 0.15) is 23.7 Å². The molecule has 0 bridgehead atoms. The number of rotatable bonds is 3. The van der Waals surface area contributed by atoms with Gasteiger partial charge in [-0.05, 0) is 18.6 Å². The third-order valence-electron chi connectivity index (χ3n) is 3.46. The van der Waals surface area contributed by atoms with Crippen molar-refractivity contribution in [3.05, 3.63) is 23.8 Å². The van der Waals surface area contributed by atoms with Gasteiger partial charge in [0.1, 0.15) is 6.04 Å². The lowest BCUT2D eigenvalue weighted by Gasteiger charge is -2.34. The van der Waals surface area contributed by atoms with Crippen LogP contribution in [0.4, 0.5) is 5.69 Å². The van der Waals surface area contributed by atoms with E-state index in [1.807, 2.05) is 6.92 Å². The largest absolute Gasteiger partial charge is 0.494 e. The van der Waals surface area contributed by atoms with Gasteiger partial charge in [0.2, 0.25) is 5.91 Å². The van der Waals surface area contributed by atoms with Gasteiger partial charge in [-0.25, -0.2) is 0 Å². The van der Waals surface area contributed by atoms with Crippen LogP contribution in [-0.4, -0.2) is 43.0 Å². The molecule has 0 radical (unpaired) electrons. The molecule has 1 heterocycles. The number of benzene rings is 1. The molecular weight excluding hydrogens is 258 g/mol. The number of nitrogens with two attached hydrogens (primary N) is 1. The fourth-order valence-corrected chi connectivity index (χ4v) is 2.47. The molecule has 1 saturated heterocycles. The average Bonchev–Trinajstić information content (AvgIpc) is 2.46. The van der Waals surface area contributed by atoms with Gasteiger partial charge in [0.25, 0.3) is 5.91 Å². The number of amides is 2. The number of piperazine rings is 1. The molecule has 108 valence electrons. The van der Waals surface area contributed by atoms with Crippen molar-refractivity contribution < 1.29 is 14.3 Å². The van der Waals surface area contributed by atoms with Crippen molar-refractivity contribution in [2.75, 3.05) is 25.9 Å². The molecule has 20 heavy (non-hydrogen) atoms. The maximum atomic E-state index is 12.7. The molecule has 0 saturated carbocycles. The maximum absolute atomic E-state index is 12.7. The Balaban J connectivity index is 2.35. The number of hydrogen-bond donors (Lipinski definition) is 2. The van der Waals surface area contributed by atoms with Crippen LogP contribution in [0, 0.1) is 0 Å². The molecule has 2 rings (SSSR count). The van der Waals surface area contributed by atoms with E-state index in [0.29, 0.717) is 36.5 Å². The molecule has 0 spiro atoms. The van der Waals surface area contributed by atoms with Gasteiger partial charge < -0.3 is 20.7 Å². The van der Waals surface area contributed by atoms with Gasteiger partial charge in [0.15, 0.2) is 5.75 Å². The van der Waals surface area contributed by atoms with Gasteiger partial charge in [0.05, 0.1) is 18.4 Å². The van der Waals surface area contributed by atoms with Crippen molar-refractivity contribution in [2.45, 2.75) is 19.4 Å². The number of anilines is 1. The minimum Gasteiger partial charge on any atom is -0.494 e. The van der Waals surface area contributed by atoms with Crippen molar-refractivity contribution in [3.63, 3.8) is 0 Å². The minimum absolute atomic E-state index is 0.116. The Kier molecular flexibility index (Phi) is 4.12. The summed E-state index contributed by atoms with van der Waals surface area (Å²) in [7, 11) is 1.47. The van der Waals surface area contributed by atoms with E-state index in [1.165, 1.54) is 7.11 Å². The zero-order chi connectivity index (χ0) is 14.7. The normalized spacial score (nSPS) is 18.6. The van der Waals surface area contributed by atoms with E-state index in [9.17, 15) is 9.59 Å². The lowest BCUT2D eigenvalue weighted by atomic mass is 10.1. The quantitative estimate of drug-likeness (QED) is 0.794. The van der Waals surface area contributed by atoms with Crippen molar-refractivity contribution in [3.8, 4) is 5.75 Å². The zero-order valence-electron chi connectivity index (χ0n) is 11.7. The number of para-hydroxylation sites is 1. The number of nitrogens with zero attached hydrogens (tertiary/aromatic N) is 1. The van der Waals surface area contributed by atoms with Crippen LogP contribution in [0.5, 0.6) is 5.75 Å². The second-order valence-electron chi connectivity index (χ2n) is 4.64. The second-order valence-corrected chi connectivity index (χ2v) is 4.64. The predicted octanol–water partition coefficient (Wildman–Crippen LogP) is 0.628. The van der Waals surface area contributed by atoms with E-state index in [2.05, 4.69) is 5.32 Å². The summed E-state index contributed by atoms with van der Waals surface area (Å²) in [6, 6.07) is 4.60. The minimum atomic E-state index is -0.442. The predicted molar refractivity (Wildman–Crippen MR) is 75.5 cm³/mol. The summed E-state index contributed by atoms with van der Waals surface area (Å²) in [5.41, 5.74) is 6.62. The van der Waals surface area contributed by atoms with Crippen LogP contribution in [0.15, 0.2) is 18.2 Å². The molecule has 3 N–H and O–H groups in total. The van der Waals surface area contributed by atoms with E-state index in [4.69, 9.17) is 10.5 Å². The first kappa shape index (κ1) is 14.2. The maximum Gasteiger partial charge on any atom is 0.258 e. The second kappa shape index (κ2) is 5.81. The third-order valence-corrected chi connectivity index (χ3v) is 3.46. The van der Waals surface area contributed by atoms with E-state index in [0.717, 1.165) is 0 Å². The molecule has 0 aliphatic carbocycles. The Bertz CT molecular complexity index is 530. The molecule has 1 unspecified atom stereocenters. The average molecular weight is 277 g/mol. The molecule has 6 heteroatoms. The van der Waals surface area contributed by atoms with Crippen LogP contribution in [0.3, 0.4) is 0 Å². The summed E-state index contributed by atoms with van der Waals surface area (Å²) in [5.74, 6) is 0.0177. The number of hydrogen-bond acceptors (Lipinski definition) is 4. The first-order chi connectivity index (χ1) is 9.60. The van der Waals surface area contributed by atoms with Crippen LogP contribution in [-0.2, 0) is 4.79 Å². The topological polar surface area (TPSA) is 84.7 Å². The number of ether oxygens (including phenoxy) is 1. The summed E-state index contributed by atoms with van der Waals surface area (Å²) in [6.07, 6.45) is 0.572. The van der Waals surface area contributed by atoms with E-state index >= 15 is 0 Å². The summed E-state index contributed by atoms with van der Waals surface area (Å²) in [4.78, 5) is 26.1. The molecule has 0 aromatic heterocycles. The molecule has 1 aromatic rings. The van der Waals surface area contributed by atoms with E-state index < -0.39 is 6.04 Å². The number of methoxy groups -OCH3 is 1. The lowest BCUT2D eigenvalue weighted by Crippen LogP contribution is -2.56. The molecule has 1 fully saturated rings. The molecule has 1 atom stereocenters. The Morgan fingerprint density at radius 2 is 2.30 bits per heavy atom. The molecule has 6 nitrogen and oxygen atoms in total. The number of nitrogens with one attached hydrogen (secondary N) is 1. The van der Waals surface area contributed by atoms with Crippen molar-refractivity contribution in [1.82, 2.24) is 10.2 Å². The van der Waals surface area contributed by atoms with Crippen molar-refractivity contribution >= 4 is 17.5 Å². The van der Waals surface area contributed by atoms with Crippen LogP contribution in [0.2, 0.25) is 0 Å². The van der Waals surface area contributed by atoms with Crippen LogP contribution in [0.25, 0.3) is 0 Å². The van der Waals surface area contributed by atoms with Gasteiger partial charge in [-0.15, -0.1) is 0 Å². The summed E-state index contributed by atoms with van der Waals surface area (Å²) in [6.45, 7) is 2.83. The summed E-state index contributed by atoms with van der Waals surface area (Å²) >= 11 is 0. The highest BCUT2D eigenvalue weighted by molar-refractivity contribution is 6.01. The van der Waals surface area contributed by atoms with Crippen LogP contribution >= 0.6 is 0 Å². The van der Waals surface area contributed by atoms with Crippen molar-refractivity contribution in [2.24, 2.45) is 0 Å². The van der Waals surface area contributed by atoms with E-state index in [1.54, 1.807) is 23.1 Å². The van der Waals surface area contributed by atoms with Gasteiger partial charge in [-0.3, -0.25) is 9.59 Å². The molecule has 1 aromatic carbocycles. The molecule has 1 aliphatic heterocycles. The smallest absolute Gasteiger partial charge is 0.258 e. The number of carbonyl (C=O) groups is 2. The standard InChI is InChI=1S/C14H19N3O3/c1-3-11-13(18)16-7-8-17(11)14(19)9-5-4-6-10(15)12(9)20-2/h4-6,11H,3,7-8,15H2,1-2H3,(H,16,18). The Labute approximate surface area is 117 Å². The highest BCUT2D eigenvalue weighted by Gasteiger charge is 2.33. The summed E-state index contributed by atoms with van der Waals surface area (Å²) < 4.78 is 5.21. The highest BCUT2D eigenvalue weighted by Crippen LogP contribution is 2.28. The molecular formula is C14H19N3O3. The van der Waals surface area contributed by atoms with Gasteiger partial charge in [-0.2, -0.15) is 0 Å². The third kappa shape index (κ3) is 2.41. The van der Waals surface area contributed by atoms with Gasteiger partial charge in [0, 0.05) is 13.1 Å². The Morgan fingerprint density at radius 1 is 1.55 bits per heavy atom. The van der Waals surface area contributed by atoms with E-state index in [-0.39, 0.29) is 11.8 Å². The van der Waals surface area contributed by atoms with Gasteiger partial charge in [-0.1, -0.05) is 13.0 Å². The Morgan fingerprint density at radius 3 is 2.95 bits per heavy atom. The fourth-order valence-electron chi connectivity index (χ4n) is 2.47. The molecule has 2 amide bonds. The first-order valence-electron chi connectivity index (χ1n) is 6.61. The number of carbonyl (C=O) groups excluding carboxylic acids is 2. The Hall–Kier alpha value is -2.24. The van der Waals surface area contributed by atoms with Crippen molar-refractivity contribution in [1.29, 1.82) is 0 Å². The monoisotopic (exact) mass is 277 g/mol. The zero-order valence-corrected chi connectivity index (χ0v) is 11.7. The molecule has 1 aliphatic rings. The summed E-state index contributed by atoms with van der Waals surface area (Å²) in [5, 5.41) is 2.77. The first-order valence-corrected chi connectivity index (χ1v) is 6.61. The number of nitrogen functional groups attached to an aromatic ring is 1.